The van der Waals surface area contributed by atoms with Gasteiger partial charge in [0.1, 0.15) is 11.9 Å². The fourth-order valence-electron chi connectivity index (χ4n) is 5.25. The highest BCUT2D eigenvalue weighted by molar-refractivity contribution is 5.49. The molecule has 0 bridgehead atoms. The van der Waals surface area contributed by atoms with Gasteiger partial charge in [-0.2, -0.15) is 5.10 Å². The van der Waals surface area contributed by atoms with Gasteiger partial charge in [0.05, 0.1) is 26.0 Å². The minimum absolute atomic E-state index is 0.0676. The maximum absolute atomic E-state index is 14.1. The topological polar surface area (TPSA) is 48.3 Å². The molecule has 1 saturated carbocycles. The highest BCUT2D eigenvalue weighted by atomic mass is 19.3. The first-order valence-corrected chi connectivity index (χ1v) is 11.8. The molecule has 1 aliphatic carbocycles. The number of hydrogen-bond donors (Lipinski definition) is 1. The molecule has 32 heavy (non-hydrogen) atoms. The summed E-state index contributed by atoms with van der Waals surface area (Å²) in [5.41, 5.74) is 1.78. The van der Waals surface area contributed by atoms with Crippen LogP contribution in [0.25, 0.3) is 0 Å². The third-order valence-electron chi connectivity index (χ3n) is 7.28. The van der Waals surface area contributed by atoms with Crippen LogP contribution in [-0.4, -0.2) is 30.4 Å². The number of ether oxygens (including phenoxy) is 2. The Bertz CT molecular complexity index is 905. The summed E-state index contributed by atoms with van der Waals surface area (Å²) in [5.74, 6) is 1.90. The van der Waals surface area contributed by atoms with Crippen molar-refractivity contribution in [1.82, 2.24) is 9.78 Å². The number of alkyl halides is 2. The second-order valence-electron chi connectivity index (χ2n) is 9.49. The van der Waals surface area contributed by atoms with Gasteiger partial charge in [-0.25, -0.2) is 13.5 Å². The average Bonchev–Trinajstić information content (AvgIpc) is 3.27. The molecular formula is C25H35F2N3O2. The molecule has 2 atom stereocenters. The molecule has 7 heteroatoms. The number of methoxy groups -OCH3 is 2. The van der Waals surface area contributed by atoms with E-state index in [9.17, 15) is 8.78 Å². The normalized spacial score (nSPS) is 23.4. The highest BCUT2D eigenvalue weighted by Crippen LogP contribution is 2.43. The van der Waals surface area contributed by atoms with Crippen LogP contribution >= 0.6 is 0 Å². The van der Waals surface area contributed by atoms with E-state index in [2.05, 4.69) is 12.2 Å². The van der Waals surface area contributed by atoms with E-state index >= 15 is 0 Å². The van der Waals surface area contributed by atoms with Gasteiger partial charge in [-0.05, 0) is 37.0 Å². The predicted octanol–water partition coefficient (Wildman–Crippen LogP) is 6.66. The maximum Gasteiger partial charge on any atom is 0.260 e. The van der Waals surface area contributed by atoms with Crippen molar-refractivity contribution in [3.63, 3.8) is 0 Å². The Morgan fingerprint density at radius 3 is 2.28 bits per heavy atom. The van der Waals surface area contributed by atoms with Crippen LogP contribution < -0.4 is 14.8 Å². The van der Waals surface area contributed by atoms with Crippen molar-refractivity contribution in [1.29, 1.82) is 0 Å². The molecular weight excluding hydrogens is 412 g/mol. The lowest BCUT2D eigenvalue weighted by atomic mass is 9.78. The van der Waals surface area contributed by atoms with Crippen molar-refractivity contribution in [2.45, 2.75) is 88.6 Å². The van der Waals surface area contributed by atoms with Gasteiger partial charge in [0.2, 0.25) is 0 Å². The van der Waals surface area contributed by atoms with E-state index in [-0.39, 0.29) is 17.9 Å². The summed E-state index contributed by atoms with van der Waals surface area (Å²) in [4.78, 5) is 0. The summed E-state index contributed by atoms with van der Waals surface area (Å²) in [7, 11) is 3.17. The van der Waals surface area contributed by atoms with E-state index in [1.54, 1.807) is 14.2 Å². The summed E-state index contributed by atoms with van der Waals surface area (Å²) >= 11 is 0. The molecule has 4 rings (SSSR count). The Balaban J connectivity index is 1.65. The van der Waals surface area contributed by atoms with Gasteiger partial charge in [-0.1, -0.05) is 51.5 Å². The molecule has 0 amide bonds. The molecule has 0 saturated heterocycles. The summed E-state index contributed by atoms with van der Waals surface area (Å²) in [5, 5.41) is 8.25. The van der Waals surface area contributed by atoms with Crippen molar-refractivity contribution in [2.24, 2.45) is 0 Å². The van der Waals surface area contributed by atoms with Gasteiger partial charge in [0.15, 0.2) is 11.5 Å². The minimum Gasteiger partial charge on any atom is -0.493 e. The van der Waals surface area contributed by atoms with Crippen molar-refractivity contribution >= 4 is 5.82 Å². The second-order valence-corrected chi connectivity index (χ2v) is 9.49. The Morgan fingerprint density at radius 2 is 1.66 bits per heavy atom. The Hall–Kier alpha value is -2.31. The lowest BCUT2D eigenvalue weighted by molar-refractivity contribution is 0.0653. The molecule has 2 heterocycles. The monoisotopic (exact) mass is 447 g/mol. The summed E-state index contributed by atoms with van der Waals surface area (Å²) in [6.07, 6.45) is 7.28. The van der Waals surface area contributed by atoms with E-state index in [1.165, 1.54) is 43.2 Å². The predicted molar refractivity (Wildman–Crippen MR) is 122 cm³/mol. The summed E-state index contributed by atoms with van der Waals surface area (Å²) in [6, 6.07) is 6.40. The second kappa shape index (κ2) is 9.67. The molecule has 1 N–H and O–H groups in total. The van der Waals surface area contributed by atoms with Gasteiger partial charge in [-0.15, -0.1) is 0 Å². The first kappa shape index (κ1) is 22.9. The first-order chi connectivity index (χ1) is 15.4. The number of fused-ring (bicyclic) bond motifs is 1. The van der Waals surface area contributed by atoms with Gasteiger partial charge in [0, 0.05) is 11.5 Å². The van der Waals surface area contributed by atoms with E-state index in [1.807, 2.05) is 24.3 Å². The standard InChI is InChI=1S/C25H35F2N3O2/c1-25(12-8-6-4-5-7-9-13-25)22-16-23-28-18(15-19(24(26)27)30(23)29-22)17-10-11-20(31-2)21(14-17)32-3/h10-11,14,16,18-19,24,28H,4-9,12-13,15H2,1-3H3. The molecule has 5 nitrogen and oxygen atoms in total. The Kier molecular flexibility index (Phi) is 6.91. The summed E-state index contributed by atoms with van der Waals surface area (Å²) in [6.45, 7) is 2.26. The molecule has 0 spiro atoms. The fraction of sp³-hybridized carbons (Fsp3) is 0.640. The molecule has 2 aliphatic rings. The Morgan fingerprint density at radius 1 is 1.00 bits per heavy atom. The molecule has 1 fully saturated rings. The van der Waals surface area contributed by atoms with E-state index in [4.69, 9.17) is 14.6 Å². The lowest BCUT2D eigenvalue weighted by Crippen LogP contribution is -2.31. The molecule has 2 unspecified atom stereocenters. The van der Waals surface area contributed by atoms with E-state index in [0.717, 1.165) is 24.1 Å². The van der Waals surface area contributed by atoms with Crippen LogP contribution in [0.15, 0.2) is 24.3 Å². The quantitative estimate of drug-likeness (QED) is 0.557. The van der Waals surface area contributed by atoms with Crippen LogP contribution in [0, 0.1) is 0 Å². The fourth-order valence-corrected chi connectivity index (χ4v) is 5.25. The number of nitrogens with one attached hydrogen (secondary N) is 1. The van der Waals surface area contributed by atoms with Crippen LogP contribution in [0.2, 0.25) is 0 Å². The number of nitrogens with zero attached hydrogens (tertiary/aromatic N) is 2. The smallest absolute Gasteiger partial charge is 0.260 e. The summed E-state index contributed by atoms with van der Waals surface area (Å²) < 4.78 is 40.6. The molecule has 176 valence electrons. The zero-order valence-electron chi connectivity index (χ0n) is 19.4. The Labute approximate surface area is 189 Å². The number of anilines is 1. The third kappa shape index (κ3) is 4.57. The maximum atomic E-state index is 14.1. The van der Waals surface area contributed by atoms with Crippen LogP contribution in [0.3, 0.4) is 0 Å². The lowest BCUT2D eigenvalue weighted by Gasteiger charge is -2.32. The van der Waals surface area contributed by atoms with Crippen LogP contribution in [0.5, 0.6) is 11.5 Å². The first-order valence-electron chi connectivity index (χ1n) is 11.8. The number of rotatable bonds is 5. The SMILES string of the molecule is COc1ccc(C2CC(C(F)F)n3nc(C4(C)CCCCCCCC4)cc3N2)cc1OC. The minimum atomic E-state index is -2.49. The zero-order valence-corrected chi connectivity index (χ0v) is 19.4. The van der Waals surface area contributed by atoms with Gasteiger partial charge < -0.3 is 14.8 Å². The van der Waals surface area contributed by atoms with E-state index < -0.39 is 12.5 Å². The zero-order chi connectivity index (χ0) is 22.7. The highest BCUT2D eigenvalue weighted by Gasteiger charge is 2.37. The molecule has 1 aliphatic heterocycles. The molecule has 2 aromatic rings. The third-order valence-corrected chi connectivity index (χ3v) is 7.28. The molecule has 1 aromatic carbocycles. The van der Waals surface area contributed by atoms with Crippen LogP contribution in [0.1, 0.15) is 88.1 Å². The van der Waals surface area contributed by atoms with Crippen molar-refractivity contribution in [2.75, 3.05) is 19.5 Å². The number of halogens is 2. The van der Waals surface area contributed by atoms with Gasteiger partial charge in [0.25, 0.3) is 6.43 Å². The largest absolute Gasteiger partial charge is 0.493 e. The van der Waals surface area contributed by atoms with E-state index in [0.29, 0.717) is 17.3 Å². The van der Waals surface area contributed by atoms with Crippen molar-refractivity contribution in [3.8, 4) is 11.5 Å². The average molecular weight is 448 g/mol. The van der Waals surface area contributed by atoms with Gasteiger partial charge in [-0.3, -0.25) is 0 Å². The molecule has 1 aromatic heterocycles. The van der Waals surface area contributed by atoms with Crippen molar-refractivity contribution < 1.29 is 18.3 Å². The number of benzene rings is 1. The van der Waals surface area contributed by atoms with Crippen LogP contribution in [-0.2, 0) is 5.41 Å². The van der Waals surface area contributed by atoms with Crippen molar-refractivity contribution in [3.05, 3.63) is 35.5 Å². The van der Waals surface area contributed by atoms with Crippen LogP contribution in [0.4, 0.5) is 14.6 Å². The van der Waals surface area contributed by atoms with Gasteiger partial charge >= 0.3 is 0 Å². The molecule has 0 radical (unpaired) electrons. The number of aromatic nitrogens is 2. The number of hydrogen-bond acceptors (Lipinski definition) is 4.